The average Bonchev–Trinajstić information content (AvgIpc) is 2.25. The first-order valence-corrected chi connectivity index (χ1v) is 8.63. The Balaban J connectivity index is 2.97. The van der Waals surface area contributed by atoms with Gasteiger partial charge in [0.15, 0.2) is 0 Å². The molecule has 0 aliphatic rings. The summed E-state index contributed by atoms with van der Waals surface area (Å²) < 4.78 is 47.5. The predicted molar refractivity (Wildman–Crippen MR) is 69.5 cm³/mol. The van der Waals surface area contributed by atoms with Gasteiger partial charge in [-0.3, -0.25) is 9.36 Å². The second kappa shape index (κ2) is 6.60. The predicted octanol–water partition coefficient (Wildman–Crippen LogP) is -1.06. The van der Waals surface area contributed by atoms with Crippen LogP contribution in [0.2, 0.25) is 0 Å². The number of rotatable bonds is 7. The van der Waals surface area contributed by atoms with Crippen molar-refractivity contribution in [3.05, 3.63) is 30.1 Å². The summed E-state index contributed by atoms with van der Waals surface area (Å²) in [5, 5.41) is 0.474. The number of sulfonamides is 1. The van der Waals surface area contributed by atoms with Crippen molar-refractivity contribution < 1.29 is 32.0 Å². The molecule has 0 saturated heterocycles. The molecular weight excluding hydrogens is 328 g/mol. The Kier molecular flexibility index (Phi) is 5.56. The van der Waals surface area contributed by atoms with E-state index >= 15 is 0 Å². The maximum Gasteiger partial charge on any atom is 0.340 e. The number of primary amides is 1. The monoisotopic (exact) mass is 341 g/mol. The summed E-state index contributed by atoms with van der Waals surface area (Å²) in [5.74, 6) is -1.65. The van der Waals surface area contributed by atoms with Crippen molar-refractivity contribution in [1.29, 1.82) is 0 Å². The van der Waals surface area contributed by atoms with Gasteiger partial charge in [0.25, 0.3) is 10.0 Å². The van der Waals surface area contributed by atoms with E-state index in [9.17, 15) is 22.2 Å². The second-order valence-electron chi connectivity index (χ2n) is 4.02. The molecule has 0 heterocycles. The number of halogens is 1. The SMILES string of the molecule is NC(=O)CN(CP(=O)(O)O)NS(=O)(=O)c1ccc(F)cc1. The fourth-order valence-corrected chi connectivity index (χ4v) is 3.14. The van der Waals surface area contributed by atoms with Gasteiger partial charge in [-0.15, -0.1) is 4.83 Å². The number of nitrogens with two attached hydrogens (primary N) is 1. The molecule has 0 aliphatic carbocycles. The lowest BCUT2D eigenvalue weighted by Gasteiger charge is -2.21. The Morgan fingerprint density at radius 2 is 1.86 bits per heavy atom. The van der Waals surface area contributed by atoms with Crippen molar-refractivity contribution in [1.82, 2.24) is 9.84 Å². The van der Waals surface area contributed by atoms with Gasteiger partial charge in [-0.25, -0.2) is 17.8 Å². The van der Waals surface area contributed by atoms with Crippen LogP contribution in [0.3, 0.4) is 0 Å². The Labute approximate surface area is 119 Å². The van der Waals surface area contributed by atoms with Gasteiger partial charge >= 0.3 is 7.60 Å². The molecule has 21 heavy (non-hydrogen) atoms. The van der Waals surface area contributed by atoms with E-state index in [0.717, 1.165) is 24.3 Å². The molecule has 1 amide bonds. The molecule has 0 unspecified atom stereocenters. The van der Waals surface area contributed by atoms with Crippen LogP contribution in [0.25, 0.3) is 0 Å². The van der Waals surface area contributed by atoms with Crippen LogP contribution in [0.5, 0.6) is 0 Å². The van der Waals surface area contributed by atoms with E-state index < -0.39 is 42.2 Å². The number of nitrogens with zero attached hydrogens (tertiary/aromatic N) is 1. The number of hydrazine groups is 1. The maximum atomic E-state index is 12.7. The van der Waals surface area contributed by atoms with E-state index in [0.29, 0.717) is 5.01 Å². The Hall–Kier alpha value is -1.36. The normalized spacial score (nSPS) is 12.6. The van der Waals surface area contributed by atoms with Crippen molar-refractivity contribution in [2.45, 2.75) is 4.90 Å². The lowest BCUT2D eigenvalue weighted by atomic mass is 10.4. The molecule has 0 spiro atoms. The van der Waals surface area contributed by atoms with Gasteiger partial charge in [0.2, 0.25) is 5.91 Å². The molecule has 0 radical (unpaired) electrons. The second-order valence-corrected chi connectivity index (χ2v) is 7.29. The third-order valence-electron chi connectivity index (χ3n) is 2.07. The molecule has 5 N–H and O–H groups in total. The summed E-state index contributed by atoms with van der Waals surface area (Å²) in [5.41, 5.74) is 4.87. The number of carbonyl (C=O) groups is 1. The number of hydrogen-bond acceptors (Lipinski definition) is 5. The molecular formula is C9H13FN3O6PS. The standard InChI is InChI=1S/C9H13FN3O6PS/c10-7-1-3-8(4-2-7)21(18,19)12-13(5-9(11)14)6-20(15,16)17/h1-4,12H,5-6H2,(H2,11,14)(H2,15,16,17). The molecule has 1 aromatic carbocycles. The zero-order chi connectivity index (χ0) is 16.3. The van der Waals surface area contributed by atoms with Gasteiger partial charge in [-0.05, 0) is 24.3 Å². The highest BCUT2D eigenvalue weighted by molar-refractivity contribution is 7.89. The minimum Gasteiger partial charge on any atom is -0.369 e. The molecule has 0 saturated carbocycles. The maximum absolute atomic E-state index is 12.7. The summed E-state index contributed by atoms with van der Waals surface area (Å²) in [4.78, 5) is 29.9. The summed E-state index contributed by atoms with van der Waals surface area (Å²) in [6.45, 7) is -0.745. The van der Waals surface area contributed by atoms with Crippen molar-refractivity contribution >= 4 is 23.5 Å². The summed E-state index contributed by atoms with van der Waals surface area (Å²) in [6.07, 6.45) is -1.05. The Bertz CT molecular complexity index is 659. The lowest BCUT2D eigenvalue weighted by Crippen LogP contribution is -2.46. The molecule has 0 atom stereocenters. The van der Waals surface area contributed by atoms with Gasteiger partial charge < -0.3 is 15.5 Å². The number of hydrogen-bond donors (Lipinski definition) is 4. The van der Waals surface area contributed by atoms with Crippen LogP contribution in [0, 0.1) is 5.82 Å². The minimum absolute atomic E-state index is 0.343. The first kappa shape index (κ1) is 17.7. The number of amides is 1. The quantitative estimate of drug-likeness (QED) is 0.365. The van der Waals surface area contributed by atoms with Gasteiger partial charge in [0, 0.05) is 0 Å². The fourth-order valence-electron chi connectivity index (χ4n) is 1.36. The Morgan fingerprint density at radius 3 is 2.29 bits per heavy atom. The highest BCUT2D eigenvalue weighted by atomic mass is 32.2. The summed E-state index contributed by atoms with van der Waals surface area (Å²) >= 11 is 0. The highest BCUT2D eigenvalue weighted by Gasteiger charge is 2.25. The Morgan fingerprint density at radius 1 is 1.33 bits per heavy atom. The van der Waals surface area contributed by atoms with Crippen molar-refractivity contribution in [2.75, 3.05) is 12.8 Å². The van der Waals surface area contributed by atoms with Crippen LogP contribution in [-0.2, 0) is 19.4 Å². The summed E-state index contributed by atoms with van der Waals surface area (Å²) in [6, 6.07) is 3.71. The largest absolute Gasteiger partial charge is 0.369 e. The van der Waals surface area contributed by atoms with Crippen LogP contribution < -0.4 is 10.6 Å². The van der Waals surface area contributed by atoms with E-state index in [1.165, 1.54) is 0 Å². The molecule has 0 aliphatic heterocycles. The van der Waals surface area contributed by atoms with Crippen LogP contribution in [0.15, 0.2) is 29.2 Å². The minimum atomic E-state index is -4.63. The summed E-state index contributed by atoms with van der Waals surface area (Å²) in [7, 11) is -8.87. The van der Waals surface area contributed by atoms with Crippen molar-refractivity contribution in [3.63, 3.8) is 0 Å². The molecule has 1 rings (SSSR count). The van der Waals surface area contributed by atoms with Gasteiger partial charge in [0.1, 0.15) is 12.1 Å². The molecule has 0 bridgehead atoms. The van der Waals surface area contributed by atoms with Crippen LogP contribution in [0.4, 0.5) is 4.39 Å². The molecule has 1 aromatic rings. The van der Waals surface area contributed by atoms with E-state index in [4.69, 9.17) is 15.5 Å². The fraction of sp³-hybridized carbons (Fsp3) is 0.222. The van der Waals surface area contributed by atoms with Crippen LogP contribution in [0.1, 0.15) is 0 Å². The zero-order valence-electron chi connectivity index (χ0n) is 10.5. The van der Waals surface area contributed by atoms with Gasteiger partial charge in [0.05, 0.1) is 11.4 Å². The first-order chi connectivity index (χ1) is 9.49. The van der Waals surface area contributed by atoms with Crippen molar-refractivity contribution in [3.8, 4) is 0 Å². The van der Waals surface area contributed by atoms with Crippen molar-refractivity contribution in [2.24, 2.45) is 5.73 Å². The van der Waals surface area contributed by atoms with Crippen LogP contribution >= 0.6 is 7.60 Å². The zero-order valence-corrected chi connectivity index (χ0v) is 12.2. The molecule has 0 aromatic heterocycles. The van der Waals surface area contributed by atoms with Gasteiger partial charge in [-0.1, -0.05) is 0 Å². The highest BCUT2D eigenvalue weighted by Crippen LogP contribution is 2.34. The lowest BCUT2D eigenvalue weighted by molar-refractivity contribution is -0.119. The van der Waals surface area contributed by atoms with Crippen LogP contribution in [-0.4, -0.2) is 42.0 Å². The number of benzene rings is 1. The first-order valence-electron chi connectivity index (χ1n) is 5.35. The average molecular weight is 341 g/mol. The smallest absolute Gasteiger partial charge is 0.340 e. The topological polar surface area (TPSA) is 150 Å². The van der Waals surface area contributed by atoms with E-state index in [-0.39, 0.29) is 4.90 Å². The van der Waals surface area contributed by atoms with Gasteiger partial charge in [-0.2, -0.15) is 0 Å². The third-order valence-corrected chi connectivity index (χ3v) is 4.18. The van der Waals surface area contributed by atoms with E-state index in [1.807, 2.05) is 4.83 Å². The number of carbonyl (C=O) groups excluding carboxylic acids is 1. The molecule has 0 fully saturated rings. The van der Waals surface area contributed by atoms with E-state index in [1.54, 1.807) is 0 Å². The third kappa shape index (κ3) is 6.29. The van der Waals surface area contributed by atoms with E-state index in [2.05, 4.69) is 0 Å². The molecule has 12 heteroatoms. The number of nitrogens with one attached hydrogen (secondary N) is 1. The molecule has 9 nitrogen and oxygen atoms in total. The molecule has 118 valence electrons.